The molecule has 20 heavy (non-hydrogen) atoms. The number of thiazole rings is 1. The second-order valence-corrected chi connectivity index (χ2v) is 6.25. The summed E-state index contributed by atoms with van der Waals surface area (Å²) in [5.41, 5.74) is 2.50. The van der Waals surface area contributed by atoms with Crippen molar-refractivity contribution in [2.24, 2.45) is 0 Å². The van der Waals surface area contributed by atoms with Crippen LogP contribution in [-0.4, -0.2) is 54.2 Å². The predicted octanol–water partition coefficient (Wildman–Crippen LogP) is 1.68. The first-order valence-corrected chi connectivity index (χ1v) is 7.96. The van der Waals surface area contributed by atoms with E-state index < -0.39 is 0 Å². The number of amides is 1. The highest BCUT2D eigenvalue weighted by molar-refractivity contribution is 7.11. The zero-order valence-corrected chi connectivity index (χ0v) is 13.3. The number of nitrogens with zero attached hydrogens (tertiary/aromatic N) is 2. The highest BCUT2D eigenvalue weighted by Crippen LogP contribution is 2.20. The Bertz CT molecular complexity index is 457. The summed E-state index contributed by atoms with van der Waals surface area (Å²) in [5.74, 6) is -0.0158. The molecule has 0 radical (unpaired) electrons. The van der Waals surface area contributed by atoms with Crippen molar-refractivity contribution in [1.29, 1.82) is 0 Å². The van der Waals surface area contributed by atoms with Crippen LogP contribution in [0.4, 0.5) is 0 Å². The van der Waals surface area contributed by atoms with Gasteiger partial charge >= 0.3 is 0 Å². The Balaban J connectivity index is 1.96. The van der Waals surface area contributed by atoms with Gasteiger partial charge in [-0.25, -0.2) is 4.98 Å². The van der Waals surface area contributed by atoms with E-state index in [1.54, 1.807) is 5.51 Å². The third-order valence-electron chi connectivity index (χ3n) is 4.12. The molecular weight excluding hydrogens is 274 g/mol. The van der Waals surface area contributed by atoms with E-state index >= 15 is 0 Å². The van der Waals surface area contributed by atoms with Crippen molar-refractivity contribution in [3.05, 3.63) is 16.1 Å². The summed E-state index contributed by atoms with van der Waals surface area (Å²) in [7, 11) is 0. The molecule has 1 fully saturated rings. The minimum atomic E-state index is -0.0158. The lowest BCUT2D eigenvalue weighted by Gasteiger charge is -2.43. The molecule has 2 heterocycles. The molecule has 0 saturated carbocycles. The molecule has 6 heteroatoms. The average molecular weight is 297 g/mol. The average Bonchev–Trinajstić information content (AvgIpc) is 2.91. The van der Waals surface area contributed by atoms with Crippen molar-refractivity contribution in [2.75, 3.05) is 32.8 Å². The molecule has 112 valence electrons. The molecule has 1 aliphatic rings. The zero-order valence-electron chi connectivity index (χ0n) is 12.4. The van der Waals surface area contributed by atoms with E-state index in [4.69, 9.17) is 4.74 Å². The van der Waals surface area contributed by atoms with E-state index in [0.29, 0.717) is 11.4 Å². The lowest BCUT2D eigenvalue weighted by atomic mass is 9.95. The van der Waals surface area contributed by atoms with Gasteiger partial charge in [-0.05, 0) is 20.3 Å². The quantitative estimate of drug-likeness (QED) is 0.898. The van der Waals surface area contributed by atoms with Crippen LogP contribution in [0.5, 0.6) is 0 Å². The zero-order chi connectivity index (χ0) is 14.6. The molecule has 2 rings (SSSR count). The monoisotopic (exact) mass is 297 g/mol. The number of hydrogen-bond acceptors (Lipinski definition) is 5. The van der Waals surface area contributed by atoms with Crippen LogP contribution in [0.2, 0.25) is 0 Å². The molecule has 0 unspecified atom stereocenters. The van der Waals surface area contributed by atoms with Crippen molar-refractivity contribution in [2.45, 2.75) is 32.7 Å². The van der Waals surface area contributed by atoms with Gasteiger partial charge in [0.15, 0.2) is 0 Å². The van der Waals surface area contributed by atoms with Crippen LogP contribution >= 0.6 is 11.3 Å². The minimum absolute atomic E-state index is 0.0158. The summed E-state index contributed by atoms with van der Waals surface area (Å²) < 4.78 is 5.40. The fourth-order valence-corrected chi connectivity index (χ4v) is 3.15. The largest absolute Gasteiger partial charge is 0.379 e. The van der Waals surface area contributed by atoms with Crippen molar-refractivity contribution in [3.8, 4) is 0 Å². The second-order valence-electron chi connectivity index (χ2n) is 5.40. The van der Waals surface area contributed by atoms with Gasteiger partial charge in [-0.15, -0.1) is 11.3 Å². The number of ether oxygens (including phenoxy) is 1. The molecular formula is C14H23N3O2S. The van der Waals surface area contributed by atoms with Crippen LogP contribution in [0, 0.1) is 6.92 Å². The first kappa shape index (κ1) is 15.4. The fourth-order valence-electron chi connectivity index (χ4n) is 2.43. The highest BCUT2D eigenvalue weighted by Gasteiger charge is 2.31. The maximum atomic E-state index is 12.2. The third-order valence-corrected chi connectivity index (χ3v) is 5.05. The Morgan fingerprint density at radius 3 is 2.80 bits per heavy atom. The molecule has 1 atom stereocenters. The molecule has 0 bridgehead atoms. The molecule has 1 aromatic heterocycles. The fraction of sp³-hybridized carbons (Fsp3) is 0.714. The number of hydrogen-bond donors (Lipinski definition) is 1. The van der Waals surface area contributed by atoms with E-state index in [-0.39, 0.29) is 11.4 Å². The third kappa shape index (κ3) is 3.37. The van der Waals surface area contributed by atoms with Gasteiger partial charge in [-0.2, -0.15) is 0 Å². The van der Waals surface area contributed by atoms with Crippen LogP contribution in [0.1, 0.15) is 35.6 Å². The molecule has 0 aromatic carbocycles. The first-order chi connectivity index (χ1) is 9.57. The Morgan fingerprint density at radius 1 is 1.55 bits per heavy atom. The first-order valence-electron chi connectivity index (χ1n) is 7.08. The Hall–Kier alpha value is -0.980. The van der Waals surface area contributed by atoms with Crippen molar-refractivity contribution in [3.63, 3.8) is 0 Å². The van der Waals surface area contributed by atoms with Gasteiger partial charge in [-0.1, -0.05) is 6.92 Å². The summed E-state index contributed by atoms with van der Waals surface area (Å²) in [4.78, 5) is 19.4. The SMILES string of the molecule is CC[C@](C)(CNC(=O)c1scnc1C)N1CCOCC1. The topological polar surface area (TPSA) is 54.5 Å². The van der Waals surface area contributed by atoms with E-state index in [1.165, 1.54) is 11.3 Å². The molecule has 0 spiro atoms. The number of carbonyl (C=O) groups excluding carboxylic acids is 1. The summed E-state index contributed by atoms with van der Waals surface area (Å²) in [6, 6.07) is 0. The summed E-state index contributed by atoms with van der Waals surface area (Å²) in [6.45, 7) is 10.3. The van der Waals surface area contributed by atoms with Gasteiger partial charge in [0.1, 0.15) is 4.88 Å². The van der Waals surface area contributed by atoms with Gasteiger partial charge in [0.2, 0.25) is 0 Å². The number of morpholine rings is 1. The van der Waals surface area contributed by atoms with E-state index in [9.17, 15) is 4.79 Å². The number of rotatable bonds is 5. The van der Waals surface area contributed by atoms with Crippen LogP contribution in [0.3, 0.4) is 0 Å². The Labute approximate surface area is 124 Å². The number of carbonyl (C=O) groups is 1. The standard InChI is InChI=1S/C14H23N3O2S/c1-4-14(3,17-5-7-19-8-6-17)9-15-13(18)12-11(2)16-10-20-12/h10H,4-9H2,1-3H3,(H,15,18)/t14-/m1/s1. The molecule has 1 N–H and O–H groups in total. The summed E-state index contributed by atoms with van der Waals surface area (Å²) >= 11 is 1.39. The van der Waals surface area contributed by atoms with Crippen LogP contribution in [0.25, 0.3) is 0 Å². The lowest BCUT2D eigenvalue weighted by Crippen LogP contribution is -2.56. The van der Waals surface area contributed by atoms with E-state index in [1.807, 2.05) is 6.92 Å². The Morgan fingerprint density at radius 2 is 2.25 bits per heavy atom. The van der Waals surface area contributed by atoms with Crippen LogP contribution in [-0.2, 0) is 4.74 Å². The molecule has 0 aliphatic carbocycles. The van der Waals surface area contributed by atoms with Gasteiger partial charge < -0.3 is 10.1 Å². The highest BCUT2D eigenvalue weighted by atomic mass is 32.1. The van der Waals surface area contributed by atoms with E-state index in [0.717, 1.165) is 38.4 Å². The maximum absolute atomic E-state index is 12.2. The van der Waals surface area contributed by atoms with Crippen LogP contribution in [0.15, 0.2) is 5.51 Å². The smallest absolute Gasteiger partial charge is 0.263 e. The van der Waals surface area contributed by atoms with Crippen molar-refractivity contribution in [1.82, 2.24) is 15.2 Å². The van der Waals surface area contributed by atoms with Gasteiger partial charge in [0.05, 0.1) is 24.4 Å². The van der Waals surface area contributed by atoms with E-state index in [2.05, 4.69) is 29.0 Å². The minimum Gasteiger partial charge on any atom is -0.379 e. The van der Waals surface area contributed by atoms with Gasteiger partial charge in [0.25, 0.3) is 5.91 Å². The van der Waals surface area contributed by atoms with Crippen molar-refractivity contribution < 1.29 is 9.53 Å². The molecule has 5 nitrogen and oxygen atoms in total. The normalized spacial score (nSPS) is 19.6. The lowest BCUT2D eigenvalue weighted by molar-refractivity contribution is -0.0169. The molecule has 1 aromatic rings. The number of aryl methyl sites for hydroxylation is 1. The van der Waals surface area contributed by atoms with Crippen LogP contribution < -0.4 is 5.32 Å². The molecule has 1 saturated heterocycles. The Kier molecular flexibility index (Phi) is 5.12. The number of aromatic nitrogens is 1. The molecule has 1 aliphatic heterocycles. The number of nitrogens with one attached hydrogen (secondary N) is 1. The summed E-state index contributed by atoms with van der Waals surface area (Å²) in [6.07, 6.45) is 0.995. The maximum Gasteiger partial charge on any atom is 0.263 e. The summed E-state index contributed by atoms with van der Waals surface area (Å²) in [5, 5.41) is 3.06. The predicted molar refractivity (Wildman–Crippen MR) is 80.3 cm³/mol. The van der Waals surface area contributed by atoms with Crippen molar-refractivity contribution >= 4 is 17.2 Å². The van der Waals surface area contributed by atoms with Gasteiger partial charge in [-0.3, -0.25) is 9.69 Å². The van der Waals surface area contributed by atoms with Gasteiger partial charge in [0, 0.05) is 25.2 Å². The second kappa shape index (κ2) is 6.65. The molecule has 1 amide bonds.